The van der Waals surface area contributed by atoms with Gasteiger partial charge in [0, 0.05) is 19.1 Å². The van der Waals surface area contributed by atoms with Crippen LogP contribution in [0.4, 0.5) is 0 Å². The van der Waals surface area contributed by atoms with Crippen LogP contribution in [0.5, 0.6) is 11.5 Å². The van der Waals surface area contributed by atoms with E-state index in [0.29, 0.717) is 23.7 Å². The van der Waals surface area contributed by atoms with Crippen molar-refractivity contribution in [2.45, 2.75) is 32.6 Å². The fourth-order valence-electron chi connectivity index (χ4n) is 2.59. The fraction of sp³-hybridized carbons (Fsp3) is 0.333. The number of methoxy groups -OCH3 is 1. The lowest BCUT2D eigenvalue weighted by Gasteiger charge is -2.11. The van der Waals surface area contributed by atoms with Crippen LogP contribution in [0.1, 0.15) is 36.2 Å². The number of hydrogen-bond acceptors (Lipinski definition) is 4. The van der Waals surface area contributed by atoms with E-state index in [4.69, 9.17) is 14.6 Å². The van der Waals surface area contributed by atoms with E-state index in [1.54, 1.807) is 26.2 Å². The number of unbranched alkanes of at least 4 members (excludes halogenated alkanes) is 1. The van der Waals surface area contributed by atoms with Crippen LogP contribution in [0.25, 0.3) is 6.08 Å². The minimum atomic E-state index is -0.947. The molecule has 0 saturated carbocycles. The van der Waals surface area contributed by atoms with Crippen LogP contribution >= 0.6 is 0 Å². The summed E-state index contributed by atoms with van der Waals surface area (Å²) in [7, 11) is 1.65. The number of pyridine rings is 1. The molecule has 6 nitrogen and oxygen atoms in total. The Morgan fingerprint density at radius 1 is 1.19 bits per heavy atom. The third-order valence-corrected chi connectivity index (χ3v) is 4.11. The highest BCUT2D eigenvalue weighted by atomic mass is 16.5. The average Bonchev–Trinajstić information content (AvgIpc) is 2.66. The summed E-state index contributed by atoms with van der Waals surface area (Å²) in [6.45, 7) is 2.18. The Kier molecular flexibility index (Phi) is 7.67. The van der Waals surface area contributed by atoms with Crippen LogP contribution in [-0.2, 0) is 11.2 Å². The molecule has 1 heterocycles. The van der Waals surface area contributed by atoms with Gasteiger partial charge in [0.25, 0.3) is 5.69 Å². The van der Waals surface area contributed by atoms with Crippen molar-refractivity contribution in [3.05, 3.63) is 64.6 Å². The van der Waals surface area contributed by atoms with E-state index in [1.165, 1.54) is 17.7 Å². The largest absolute Gasteiger partial charge is 0.618 e. The van der Waals surface area contributed by atoms with Gasteiger partial charge in [-0.15, -0.1) is 0 Å². The number of carboxylic acid groups (broad SMARTS) is 1. The molecule has 0 spiro atoms. The standard InChI is InChI=1S/C21H25NO5/c1-16-9-14-20(19(22(16)25)7-5-8-21(23)24)27-15-4-3-6-17-10-12-18(26-2)13-11-17/h5,7,9-14H,3-4,6,8,15H2,1-2H3,(H,23,24)/b7-5+. The molecule has 0 fully saturated rings. The zero-order valence-corrected chi connectivity index (χ0v) is 15.7. The number of aromatic nitrogens is 1. The number of nitrogens with zero attached hydrogens (tertiary/aromatic N) is 1. The molecule has 144 valence electrons. The highest BCUT2D eigenvalue weighted by Gasteiger charge is 2.13. The third-order valence-electron chi connectivity index (χ3n) is 4.11. The predicted octanol–water partition coefficient (Wildman–Crippen LogP) is 3.53. The SMILES string of the molecule is COc1ccc(CCCCOc2ccc(C)[n+]([O-])c2/C=C/CC(=O)O)cc1. The lowest BCUT2D eigenvalue weighted by atomic mass is 10.1. The summed E-state index contributed by atoms with van der Waals surface area (Å²) < 4.78 is 11.7. The zero-order valence-electron chi connectivity index (χ0n) is 15.7. The van der Waals surface area contributed by atoms with E-state index in [2.05, 4.69) is 0 Å². The molecule has 0 aliphatic heterocycles. The molecule has 2 aromatic rings. The van der Waals surface area contributed by atoms with Gasteiger partial charge in [-0.1, -0.05) is 18.2 Å². The van der Waals surface area contributed by atoms with Crippen LogP contribution in [0.15, 0.2) is 42.5 Å². The van der Waals surface area contributed by atoms with Gasteiger partial charge in [0.1, 0.15) is 5.75 Å². The molecule has 1 aromatic heterocycles. The van der Waals surface area contributed by atoms with E-state index in [1.807, 2.05) is 24.3 Å². The first-order valence-corrected chi connectivity index (χ1v) is 8.88. The predicted molar refractivity (Wildman–Crippen MR) is 103 cm³/mol. The number of aliphatic carboxylic acids is 1. The molecule has 0 unspecified atom stereocenters. The molecule has 1 N–H and O–H groups in total. The van der Waals surface area contributed by atoms with Crippen molar-refractivity contribution in [1.29, 1.82) is 0 Å². The third kappa shape index (κ3) is 6.33. The fourth-order valence-corrected chi connectivity index (χ4v) is 2.59. The monoisotopic (exact) mass is 371 g/mol. The Morgan fingerprint density at radius 3 is 2.59 bits per heavy atom. The van der Waals surface area contributed by atoms with Crippen molar-refractivity contribution < 1.29 is 24.1 Å². The maximum Gasteiger partial charge on any atom is 0.307 e. The molecule has 0 radical (unpaired) electrons. The molecular formula is C21H25NO5. The summed E-state index contributed by atoms with van der Waals surface area (Å²) >= 11 is 0. The van der Waals surface area contributed by atoms with Crippen LogP contribution in [-0.4, -0.2) is 24.8 Å². The van der Waals surface area contributed by atoms with Gasteiger partial charge in [-0.05, 0) is 43.0 Å². The van der Waals surface area contributed by atoms with Gasteiger partial charge in [0.2, 0.25) is 0 Å². The highest BCUT2D eigenvalue weighted by Crippen LogP contribution is 2.18. The van der Waals surface area contributed by atoms with E-state index < -0.39 is 5.97 Å². The van der Waals surface area contributed by atoms with Gasteiger partial charge in [-0.25, -0.2) is 0 Å². The second-order valence-electron chi connectivity index (χ2n) is 6.17. The number of hydrogen-bond donors (Lipinski definition) is 1. The van der Waals surface area contributed by atoms with Crippen LogP contribution in [0.3, 0.4) is 0 Å². The summed E-state index contributed by atoms with van der Waals surface area (Å²) in [5, 5.41) is 21.0. The lowest BCUT2D eigenvalue weighted by Crippen LogP contribution is -2.34. The summed E-state index contributed by atoms with van der Waals surface area (Å²) in [5.41, 5.74) is 2.09. The summed E-state index contributed by atoms with van der Waals surface area (Å²) in [5.74, 6) is 0.356. The van der Waals surface area contributed by atoms with Crippen molar-refractivity contribution >= 4 is 12.0 Å². The van der Waals surface area contributed by atoms with Gasteiger partial charge in [-0.2, -0.15) is 4.73 Å². The number of benzene rings is 1. The molecule has 2 rings (SSSR count). The quantitative estimate of drug-likeness (QED) is 0.392. The van der Waals surface area contributed by atoms with Crippen molar-refractivity contribution in [3.8, 4) is 11.5 Å². The van der Waals surface area contributed by atoms with Crippen LogP contribution in [0, 0.1) is 12.1 Å². The molecule has 0 aliphatic carbocycles. The zero-order chi connectivity index (χ0) is 19.6. The van der Waals surface area contributed by atoms with Gasteiger partial charge in [-0.3, -0.25) is 4.79 Å². The van der Waals surface area contributed by atoms with E-state index >= 15 is 0 Å². The van der Waals surface area contributed by atoms with E-state index in [-0.39, 0.29) is 6.42 Å². The minimum Gasteiger partial charge on any atom is -0.618 e. The van der Waals surface area contributed by atoms with Crippen molar-refractivity contribution in [2.75, 3.05) is 13.7 Å². The second kappa shape index (κ2) is 10.2. The van der Waals surface area contributed by atoms with Crippen LogP contribution in [0.2, 0.25) is 0 Å². The molecule has 0 atom stereocenters. The smallest absolute Gasteiger partial charge is 0.307 e. The Labute approximate surface area is 159 Å². The lowest BCUT2D eigenvalue weighted by molar-refractivity contribution is -0.614. The summed E-state index contributed by atoms with van der Waals surface area (Å²) in [4.78, 5) is 10.6. The first kappa shape index (κ1) is 20.3. The summed E-state index contributed by atoms with van der Waals surface area (Å²) in [6, 6.07) is 11.4. The molecule has 1 aromatic carbocycles. The Morgan fingerprint density at radius 2 is 1.93 bits per heavy atom. The van der Waals surface area contributed by atoms with Crippen molar-refractivity contribution in [1.82, 2.24) is 0 Å². The minimum absolute atomic E-state index is 0.144. The Balaban J connectivity index is 1.88. The van der Waals surface area contributed by atoms with Gasteiger partial charge in [0.05, 0.1) is 20.1 Å². The molecule has 27 heavy (non-hydrogen) atoms. The van der Waals surface area contributed by atoms with Gasteiger partial charge < -0.3 is 19.8 Å². The highest BCUT2D eigenvalue weighted by molar-refractivity contribution is 5.70. The van der Waals surface area contributed by atoms with Crippen molar-refractivity contribution in [2.24, 2.45) is 0 Å². The van der Waals surface area contributed by atoms with E-state index in [0.717, 1.165) is 29.7 Å². The maximum absolute atomic E-state index is 12.2. The average molecular weight is 371 g/mol. The van der Waals surface area contributed by atoms with Crippen LogP contribution < -0.4 is 14.2 Å². The number of carboxylic acids is 1. The molecular weight excluding hydrogens is 346 g/mol. The number of aryl methyl sites for hydroxylation is 2. The molecule has 0 aliphatic rings. The van der Waals surface area contributed by atoms with Gasteiger partial charge in [0.15, 0.2) is 11.4 Å². The van der Waals surface area contributed by atoms with Crippen molar-refractivity contribution in [3.63, 3.8) is 0 Å². The molecule has 6 heteroatoms. The normalized spacial score (nSPS) is 10.9. The first-order chi connectivity index (χ1) is 13.0. The topological polar surface area (TPSA) is 82.7 Å². The maximum atomic E-state index is 12.2. The number of carbonyl (C=O) groups is 1. The Bertz CT molecular complexity index is 784. The second-order valence-corrected chi connectivity index (χ2v) is 6.17. The number of ether oxygens (including phenoxy) is 2. The Hall–Kier alpha value is -3.02. The molecule has 0 saturated heterocycles. The van der Waals surface area contributed by atoms with Gasteiger partial charge >= 0.3 is 5.97 Å². The first-order valence-electron chi connectivity index (χ1n) is 8.88. The molecule has 0 amide bonds. The summed E-state index contributed by atoms with van der Waals surface area (Å²) in [6.07, 6.45) is 5.54. The van der Waals surface area contributed by atoms with E-state index in [9.17, 15) is 10.0 Å². The molecule has 0 bridgehead atoms. The number of rotatable bonds is 10.